The predicted molar refractivity (Wildman–Crippen MR) is 290 cm³/mol. The lowest BCUT2D eigenvalue weighted by atomic mass is 9.67. The first-order chi connectivity index (χ1) is 35.2. The van der Waals surface area contributed by atoms with Crippen molar-refractivity contribution in [3.05, 3.63) is 253 Å². The Bertz CT molecular complexity index is 4440. The smallest absolute Gasteiger partial charge is 0.0937 e. The summed E-state index contributed by atoms with van der Waals surface area (Å²) in [5, 5.41) is 7.34. The van der Waals surface area contributed by atoms with E-state index in [-0.39, 0.29) is 0 Å². The second kappa shape index (κ2) is 14.5. The number of hydrogen-bond donors (Lipinski definition) is 0. The molecule has 0 unspecified atom stereocenters. The molecule has 16 rings (SSSR count). The van der Waals surface area contributed by atoms with E-state index in [9.17, 15) is 0 Å². The minimum Gasteiger partial charge on any atom is -0.309 e. The highest BCUT2D eigenvalue weighted by atomic mass is 32.2. The van der Waals surface area contributed by atoms with Crippen LogP contribution >= 0.6 is 11.8 Å². The summed E-state index contributed by atoms with van der Waals surface area (Å²) in [6.45, 7) is 0. The maximum Gasteiger partial charge on any atom is 0.0937 e. The highest BCUT2D eigenvalue weighted by molar-refractivity contribution is 7.99. The van der Waals surface area contributed by atoms with Gasteiger partial charge in [0.25, 0.3) is 0 Å². The minimum atomic E-state index is -0.646. The minimum absolute atomic E-state index is 0.646. The second-order valence-electron chi connectivity index (χ2n) is 18.7. The molecule has 1 spiro atoms. The molecule has 0 amide bonds. The van der Waals surface area contributed by atoms with E-state index in [2.05, 4.69) is 220 Å². The van der Waals surface area contributed by atoms with Crippen molar-refractivity contribution < 1.29 is 0 Å². The first-order valence-electron chi connectivity index (χ1n) is 24.1. The van der Waals surface area contributed by atoms with Crippen LogP contribution in [0, 0.1) is 0 Å². The van der Waals surface area contributed by atoms with Crippen molar-refractivity contribution in [3.8, 4) is 39.6 Å². The van der Waals surface area contributed by atoms with Crippen molar-refractivity contribution in [2.75, 3.05) is 0 Å². The fourth-order valence-electron chi connectivity index (χ4n) is 12.5. The van der Waals surface area contributed by atoms with E-state index in [1.54, 1.807) is 0 Å². The molecule has 0 radical (unpaired) electrons. The van der Waals surface area contributed by atoms with Gasteiger partial charge in [-0.05, 0) is 118 Å². The molecule has 0 bridgehead atoms. The van der Waals surface area contributed by atoms with Gasteiger partial charge in [-0.15, -0.1) is 0 Å². The Balaban J connectivity index is 0.887. The van der Waals surface area contributed by atoms with Crippen LogP contribution in [-0.4, -0.2) is 28.7 Å². The van der Waals surface area contributed by atoms with Gasteiger partial charge >= 0.3 is 0 Å². The Hall–Kier alpha value is -9.04. The van der Waals surface area contributed by atoms with E-state index >= 15 is 0 Å². The quantitative estimate of drug-likeness (QED) is 0.176. The molecule has 2 aliphatic rings. The monoisotopic (exact) mass is 922 g/mol. The van der Waals surface area contributed by atoms with Crippen LogP contribution in [0.1, 0.15) is 22.3 Å². The van der Waals surface area contributed by atoms with E-state index in [1.165, 1.54) is 75.4 Å². The predicted octanol–water partition coefficient (Wildman–Crippen LogP) is 15.7. The molecule has 71 heavy (non-hydrogen) atoms. The van der Waals surface area contributed by atoms with Gasteiger partial charge in [-0.1, -0.05) is 133 Å². The molecule has 6 nitrogen and oxygen atoms in total. The molecular weight excluding hydrogens is 885 g/mol. The van der Waals surface area contributed by atoms with Crippen LogP contribution in [0.25, 0.3) is 105 Å². The molecule has 14 aromatic rings. The molecule has 1 aliphatic heterocycles. The third kappa shape index (κ3) is 5.20. The molecule has 7 heterocycles. The molecule has 0 atom stereocenters. The van der Waals surface area contributed by atoms with Crippen LogP contribution in [-0.2, 0) is 5.41 Å². The van der Waals surface area contributed by atoms with Crippen LogP contribution in [0.3, 0.4) is 0 Å². The van der Waals surface area contributed by atoms with Gasteiger partial charge in [-0.2, -0.15) is 0 Å². The van der Waals surface area contributed by atoms with E-state index in [4.69, 9.17) is 15.0 Å². The van der Waals surface area contributed by atoms with Gasteiger partial charge in [0.2, 0.25) is 0 Å². The van der Waals surface area contributed by atoms with Crippen LogP contribution < -0.4 is 0 Å². The summed E-state index contributed by atoms with van der Waals surface area (Å²) < 4.78 is 7.22. The third-order valence-corrected chi connectivity index (χ3v) is 16.4. The topological polar surface area (TPSA) is 53.5 Å². The van der Waals surface area contributed by atoms with Gasteiger partial charge < -0.3 is 13.7 Å². The summed E-state index contributed by atoms with van der Waals surface area (Å²) in [5.41, 5.74) is 18.6. The van der Waals surface area contributed by atoms with Gasteiger partial charge in [-0.3, -0.25) is 15.0 Å². The molecule has 0 saturated heterocycles. The van der Waals surface area contributed by atoms with Crippen molar-refractivity contribution in [2.45, 2.75) is 15.2 Å². The molecule has 0 N–H and O–H groups in total. The van der Waals surface area contributed by atoms with Crippen LogP contribution in [0.15, 0.2) is 241 Å². The molecule has 7 heteroatoms. The lowest BCUT2D eigenvalue weighted by Crippen LogP contribution is -2.32. The van der Waals surface area contributed by atoms with Crippen molar-refractivity contribution in [1.82, 2.24) is 28.7 Å². The van der Waals surface area contributed by atoms with Crippen molar-refractivity contribution in [3.63, 3.8) is 0 Å². The van der Waals surface area contributed by atoms with Gasteiger partial charge in [0.1, 0.15) is 0 Å². The third-order valence-electron chi connectivity index (χ3n) is 15.3. The summed E-state index contributed by atoms with van der Waals surface area (Å²) in [6, 6.07) is 75.7. The summed E-state index contributed by atoms with van der Waals surface area (Å²) in [7, 11) is 0. The zero-order valence-corrected chi connectivity index (χ0v) is 38.8. The number of nitrogens with zero attached hydrogens (tertiary/aromatic N) is 6. The largest absolute Gasteiger partial charge is 0.309 e. The summed E-state index contributed by atoms with van der Waals surface area (Å²) in [6.07, 6.45) is 7.73. The number of fused-ring (bicyclic) bond motifs is 18. The van der Waals surface area contributed by atoms with Crippen LogP contribution in [0.4, 0.5) is 0 Å². The van der Waals surface area contributed by atoms with Crippen molar-refractivity contribution in [1.29, 1.82) is 0 Å². The summed E-state index contributed by atoms with van der Waals surface area (Å²) in [5.74, 6) is 0. The number of aromatic nitrogens is 6. The number of rotatable bonds is 4. The highest BCUT2D eigenvalue weighted by Gasteiger charge is 2.51. The zero-order valence-electron chi connectivity index (χ0n) is 38.0. The Morgan fingerprint density at radius 3 is 1.45 bits per heavy atom. The molecule has 0 fully saturated rings. The molecular formula is C64H38N6S. The highest BCUT2D eigenvalue weighted by Crippen LogP contribution is 2.62. The average molecular weight is 923 g/mol. The standard InChI is InChI=1S/C64H38N6S/c1-6-20-52-42(13-1)43-14-2-7-21-53(43)68(52)41-27-30-60-51(37-41)64(49-18-11-32-66-62(49)63-50(64)19-12-33-67-63)48-28-25-40(36-61(48)71-60)39-26-29-57-47(35-39)46-17-5-10-24-56(46)69(57)58-31-34-65-38-59(58)70-54-22-8-3-15-44(54)45-16-4-9-23-55(45)70/h1-38H. The molecule has 8 aromatic carbocycles. The Morgan fingerprint density at radius 2 is 0.845 bits per heavy atom. The Morgan fingerprint density at radius 1 is 0.338 bits per heavy atom. The number of hydrogen-bond acceptors (Lipinski definition) is 4. The first kappa shape index (κ1) is 38.9. The Labute approximate surface area is 411 Å². The fourth-order valence-corrected chi connectivity index (χ4v) is 13.7. The fraction of sp³-hybridized carbons (Fsp3) is 0.0156. The normalized spacial score (nSPS) is 13.4. The molecule has 6 aromatic heterocycles. The van der Waals surface area contributed by atoms with Crippen molar-refractivity contribution in [2.24, 2.45) is 0 Å². The second-order valence-corrected chi connectivity index (χ2v) is 19.8. The van der Waals surface area contributed by atoms with E-state index in [0.29, 0.717) is 0 Å². The Kier molecular flexibility index (Phi) is 7.94. The molecule has 1 aliphatic carbocycles. The van der Waals surface area contributed by atoms with Crippen LogP contribution in [0.2, 0.25) is 0 Å². The number of para-hydroxylation sites is 5. The average Bonchev–Trinajstić information content (AvgIpc) is 4.15. The van der Waals surface area contributed by atoms with Crippen LogP contribution in [0.5, 0.6) is 0 Å². The SMILES string of the molecule is c1cnc2c(c1)C1(c3ccc(-c4ccc5c(c4)c4ccccc4n5-c4ccncc4-n4c5ccccc5c5ccccc54)cc3Sc3ccc(-n4c5ccccc5c5ccccc54)cc31)c1cccnc1-2. The first-order valence-corrected chi connectivity index (χ1v) is 24.9. The summed E-state index contributed by atoms with van der Waals surface area (Å²) >= 11 is 1.86. The van der Waals surface area contributed by atoms with Gasteiger partial charge in [-0.25, -0.2) is 0 Å². The lowest BCUT2D eigenvalue weighted by molar-refractivity contribution is 0.718. The lowest BCUT2D eigenvalue weighted by Gasteiger charge is -2.39. The molecule has 0 saturated carbocycles. The maximum atomic E-state index is 5.06. The molecule has 330 valence electrons. The van der Waals surface area contributed by atoms with Gasteiger partial charge in [0.15, 0.2) is 0 Å². The van der Waals surface area contributed by atoms with Gasteiger partial charge in [0.05, 0.1) is 67.5 Å². The van der Waals surface area contributed by atoms with E-state index in [1.807, 2.05) is 36.5 Å². The zero-order chi connectivity index (χ0) is 46.4. The van der Waals surface area contributed by atoms with E-state index < -0.39 is 5.41 Å². The number of pyridine rings is 3. The number of benzene rings is 8. The van der Waals surface area contributed by atoms with Crippen molar-refractivity contribution >= 4 is 77.2 Å². The van der Waals surface area contributed by atoms with Gasteiger partial charge in [0, 0.05) is 66.4 Å². The summed E-state index contributed by atoms with van der Waals surface area (Å²) in [4.78, 5) is 17.3. The maximum absolute atomic E-state index is 5.06. The van der Waals surface area contributed by atoms with E-state index in [0.717, 1.165) is 61.6 Å².